The van der Waals surface area contributed by atoms with Gasteiger partial charge in [-0.3, -0.25) is 0 Å². The Hall–Kier alpha value is -7.54. The number of alkyl halides is 6. The second kappa shape index (κ2) is 14.5. The van der Waals surface area contributed by atoms with Gasteiger partial charge in [0, 0.05) is 74.7 Å². The van der Waals surface area contributed by atoms with Gasteiger partial charge in [-0.05, 0) is 36.4 Å². The summed E-state index contributed by atoms with van der Waals surface area (Å²) in [4.78, 5) is 0. The van der Waals surface area contributed by atoms with Crippen molar-refractivity contribution >= 4 is 107 Å². The largest absolute Gasteiger partial charge is 0.419 e. The fourth-order valence-electron chi connectivity index (χ4n) is 10.5. The molecule has 0 saturated carbocycles. The maximum atomic E-state index is 17.2. The van der Waals surface area contributed by atoms with Crippen LogP contribution in [0, 0.1) is 11.6 Å². The topological polar surface area (TPSA) is 9.86 Å². The van der Waals surface area contributed by atoms with E-state index < -0.39 is 68.7 Å². The van der Waals surface area contributed by atoms with E-state index >= 15 is 35.1 Å². The Bertz CT molecular complexity index is 4200. The van der Waals surface area contributed by atoms with E-state index in [1.54, 1.807) is 54.6 Å². The minimum Gasteiger partial charge on any atom is -0.307 e. The summed E-state index contributed by atoms with van der Waals surface area (Å²) < 4.78 is 143. The van der Waals surface area contributed by atoms with Crippen LogP contribution in [-0.4, -0.2) is 9.13 Å². The first-order valence-electron chi connectivity index (χ1n) is 21.5. The molecule has 0 N–H and O–H groups in total. The van der Waals surface area contributed by atoms with E-state index in [2.05, 4.69) is 0 Å². The second-order valence-electron chi connectivity index (χ2n) is 16.7. The SMILES string of the molecule is Fc1ccccc1-c1c(-n2c3ccccc3c3ccc4c5ccccc5sc4c32)c(-c2ccccc2F)c(C(F)(F)F)c(-n2c3ccccc3c3ccc4c5ccccc5sc4c32)c1C(F)(F)F. The zero-order valence-corrected chi connectivity index (χ0v) is 36.5. The Morgan fingerprint density at radius 3 is 1.12 bits per heavy atom. The summed E-state index contributed by atoms with van der Waals surface area (Å²) in [6.45, 7) is 0. The third-order valence-corrected chi connectivity index (χ3v) is 15.5. The molecule has 13 rings (SSSR count). The van der Waals surface area contributed by atoms with Gasteiger partial charge in [-0.2, -0.15) is 26.3 Å². The number of hydrogen-bond donors (Lipinski definition) is 0. The fourth-order valence-corrected chi connectivity index (χ4v) is 13.0. The number of aromatic nitrogens is 2. The molecular weight excluding hydrogens is 917 g/mol. The molecule has 13 aromatic rings. The van der Waals surface area contributed by atoms with E-state index in [9.17, 15) is 0 Å². The fraction of sp³-hybridized carbons (Fsp3) is 0.0357. The van der Waals surface area contributed by atoms with Crippen molar-refractivity contribution in [1.29, 1.82) is 0 Å². The molecule has 0 radical (unpaired) electrons. The van der Waals surface area contributed by atoms with Gasteiger partial charge in [-0.1, -0.05) is 133 Å². The summed E-state index contributed by atoms with van der Waals surface area (Å²) in [7, 11) is 0. The summed E-state index contributed by atoms with van der Waals surface area (Å²) in [6.07, 6.45) is -11.2. The summed E-state index contributed by atoms with van der Waals surface area (Å²) in [6, 6.07) is 44.8. The number of thiophene rings is 2. The van der Waals surface area contributed by atoms with Crippen LogP contribution in [0.4, 0.5) is 35.1 Å². The lowest BCUT2D eigenvalue weighted by Crippen LogP contribution is -2.23. The Labute approximate surface area is 387 Å². The average molecular weight is 945 g/mol. The molecule has 4 aromatic heterocycles. The number of halogens is 8. The maximum absolute atomic E-state index is 17.2. The quantitative estimate of drug-likeness (QED) is 0.156. The highest BCUT2D eigenvalue weighted by molar-refractivity contribution is 7.27. The molecule has 2 nitrogen and oxygen atoms in total. The molecule has 0 unspecified atom stereocenters. The summed E-state index contributed by atoms with van der Waals surface area (Å²) >= 11 is 2.58. The lowest BCUT2D eigenvalue weighted by Gasteiger charge is -2.31. The molecule has 0 amide bonds. The Balaban J connectivity index is 1.38. The molecule has 68 heavy (non-hydrogen) atoms. The number of para-hydroxylation sites is 2. The molecule has 0 aliphatic heterocycles. The number of fused-ring (bicyclic) bond motifs is 14. The van der Waals surface area contributed by atoms with E-state index in [4.69, 9.17) is 0 Å². The number of benzene rings is 9. The Morgan fingerprint density at radius 2 is 0.691 bits per heavy atom. The van der Waals surface area contributed by atoms with Crippen molar-refractivity contribution in [2.75, 3.05) is 0 Å². The molecule has 0 fully saturated rings. The van der Waals surface area contributed by atoms with Gasteiger partial charge in [0.15, 0.2) is 0 Å². The Morgan fingerprint density at radius 1 is 0.338 bits per heavy atom. The molecule has 12 heteroatoms. The second-order valence-corrected chi connectivity index (χ2v) is 18.8. The minimum absolute atomic E-state index is 0.0408. The minimum atomic E-state index is -5.60. The zero-order chi connectivity index (χ0) is 46.4. The first kappa shape index (κ1) is 40.7. The van der Waals surface area contributed by atoms with E-state index in [-0.39, 0.29) is 22.1 Å². The van der Waals surface area contributed by atoms with Crippen molar-refractivity contribution in [2.24, 2.45) is 0 Å². The summed E-state index contributed by atoms with van der Waals surface area (Å²) in [5.41, 5.74) is -7.79. The van der Waals surface area contributed by atoms with Gasteiger partial charge in [-0.25, -0.2) is 8.78 Å². The molecular formula is C56H28F8N2S2. The van der Waals surface area contributed by atoms with Gasteiger partial charge < -0.3 is 9.13 Å². The first-order chi connectivity index (χ1) is 32.9. The molecule has 0 spiro atoms. The predicted octanol–water partition coefficient (Wildman–Crippen LogP) is 18.3. The highest BCUT2D eigenvalue weighted by atomic mass is 32.1. The summed E-state index contributed by atoms with van der Waals surface area (Å²) in [5, 5.41) is 4.77. The van der Waals surface area contributed by atoms with Crippen molar-refractivity contribution < 1.29 is 35.1 Å². The molecule has 0 aliphatic rings. The van der Waals surface area contributed by atoms with Crippen molar-refractivity contribution in [2.45, 2.75) is 12.4 Å². The van der Waals surface area contributed by atoms with Gasteiger partial charge in [0.2, 0.25) is 0 Å². The molecule has 0 aliphatic carbocycles. The van der Waals surface area contributed by atoms with Gasteiger partial charge in [-0.15, -0.1) is 22.7 Å². The average Bonchev–Trinajstić information content (AvgIpc) is 4.08. The number of hydrogen-bond acceptors (Lipinski definition) is 2. The summed E-state index contributed by atoms with van der Waals surface area (Å²) in [5.74, 6) is -2.24. The maximum Gasteiger partial charge on any atom is 0.419 e. The van der Waals surface area contributed by atoms with Crippen molar-refractivity contribution in [3.8, 4) is 33.6 Å². The first-order valence-corrected chi connectivity index (χ1v) is 23.1. The molecule has 0 bridgehead atoms. The van der Waals surface area contributed by atoms with Crippen LogP contribution in [0.1, 0.15) is 11.1 Å². The van der Waals surface area contributed by atoms with Gasteiger partial charge >= 0.3 is 12.4 Å². The normalized spacial score (nSPS) is 12.7. The number of nitrogens with zero attached hydrogens (tertiary/aromatic N) is 2. The van der Waals surface area contributed by atoms with Crippen molar-refractivity contribution in [1.82, 2.24) is 9.13 Å². The number of rotatable bonds is 4. The third kappa shape index (κ3) is 5.67. The van der Waals surface area contributed by atoms with Crippen LogP contribution in [0.2, 0.25) is 0 Å². The van der Waals surface area contributed by atoms with E-state index in [0.29, 0.717) is 41.7 Å². The molecule has 0 atom stereocenters. The van der Waals surface area contributed by atoms with Crippen LogP contribution >= 0.6 is 22.7 Å². The highest BCUT2D eigenvalue weighted by Gasteiger charge is 2.49. The van der Waals surface area contributed by atoms with Gasteiger partial charge in [0.05, 0.1) is 54.0 Å². The van der Waals surface area contributed by atoms with E-state index in [0.717, 1.165) is 49.0 Å². The van der Waals surface area contributed by atoms with E-state index in [1.807, 2.05) is 60.7 Å². The van der Waals surface area contributed by atoms with Crippen LogP contribution < -0.4 is 0 Å². The monoisotopic (exact) mass is 944 g/mol. The molecule has 330 valence electrons. The van der Waals surface area contributed by atoms with Crippen LogP contribution in [0.3, 0.4) is 0 Å². The van der Waals surface area contributed by atoms with E-state index in [1.165, 1.54) is 57.6 Å². The third-order valence-electron chi connectivity index (χ3n) is 13.1. The van der Waals surface area contributed by atoms with Gasteiger partial charge in [0.25, 0.3) is 0 Å². The standard InChI is InChI=1S/C56H28F8N2S2/c57-39-19-7-1-17-37(39)45-47(55(59,60)61)52(66-42-22-10-4-14-30(42)34-26-28-36-32-16-6-12-24-44(32)68-54(36)50(34)66)48(56(62,63)64)46(38-18-2-8-20-40(38)58)51(45)65-41-21-9-3-13-29(41)33-25-27-35-31-15-5-11-23-43(31)67-53(35)49(33)65/h1-28H. The van der Waals surface area contributed by atoms with Crippen molar-refractivity contribution in [3.05, 3.63) is 193 Å². The molecule has 4 heterocycles. The van der Waals surface area contributed by atoms with Crippen LogP contribution in [0.25, 0.3) is 118 Å². The van der Waals surface area contributed by atoms with Crippen LogP contribution in [0.5, 0.6) is 0 Å². The van der Waals surface area contributed by atoms with Crippen molar-refractivity contribution in [3.63, 3.8) is 0 Å². The smallest absolute Gasteiger partial charge is 0.307 e. The lowest BCUT2D eigenvalue weighted by atomic mass is 9.84. The lowest BCUT2D eigenvalue weighted by molar-refractivity contribution is -0.142. The van der Waals surface area contributed by atoms with Crippen LogP contribution in [-0.2, 0) is 12.4 Å². The Kier molecular flexibility index (Phi) is 8.67. The predicted molar refractivity (Wildman–Crippen MR) is 262 cm³/mol. The zero-order valence-electron chi connectivity index (χ0n) is 34.9. The molecule has 0 saturated heterocycles. The molecule has 9 aromatic carbocycles. The van der Waals surface area contributed by atoms with Crippen LogP contribution in [0.15, 0.2) is 170 Å². The van der Waals surface area contributed by atoms with Gasteiger partial charge in [0.1, 0.15) is 11.6 Å². The highest BCUT2D eigenvalue weighted by Crippen LogP contribution is 2.58.